The van der Waals surface area contributed by atoms with Gasteiger partial charge in [-0.1, -0.05) is 30.3 Å². The number of hydrogen-bond donors (Lipinski definition) is 0. The average molecular weight is 222 g/mol. The van der Waals surface area contributed by atoms with Gasteiger partial charge in [0.1, 0.15) is 11.7 Å². The summed E-state index contributed by atoms with van der Waals surface area (Å²) in [4.78, 5) is 10.9. The first-order valence-corrected chi connectivity index (χ1v) is 5.47. The molecule has 0 unspecified atom stereocenters. The van der Waals surface area contributed by atoms with Gasteiger partial charge in [-0.15, -0.1) is 0 Å². The molecule has 0 radical (unpaired) electrons. The zero-order valence-electron chi connectivity index (χ0n) is 9.14. The van der Waals surface area contributed by atoms with Crippen molar-refractivity contribution in [2.45, 2.75) is 6.42 Å². The molecule has 0 N–H and O–H groups in total. The van der Waals surface area contributed by atoms with Crippen LogP contribution in [0.3, 0.4) is 0 Å². The van der Waals surface area contributed by atoms with E-state index in [4.69, 9.17) is 4.74 Å². The second kappa shape index (κ2) is 3.93. The Morgan fingerprint density at radius 1 is 1.18 bits per heavy atom. The van der Waals surface area contributed by atoms with Crippen molar-refractivity contribution in [2.75, 3.05) is 0 Å². The smallest absolute Gasteiger partial charge is 0.134 e. The molecule has 1 aromatic rings. The van der Waals surface area contributed by atoms with Crippen LogP contribution < -0.4 is 10.4 Å². The fourth-order valence-corrected chi connectivity index (χ4v) is 2.02. The normalized spacial score (nSPS) is 16.8. The van der Waals surface area contributed by atoms with E-state index in [0.29, 0.717) is 17.8 Å². The molecule has 1 aliphatic carbocycles. The van der Waals surface area contributed by atoms with Crippen LogP contribution in [0.15, 0.2) is 53.3 Å². The molecule has 0 amide bonds. The molecule has 0 aromatic heterocycles. The lowest BCUT2D eigenvalue weighted by Gasteiger charge is -2.11. The van der Waals surface area contributed by atoms with Crippen LogP contribution in [0.2, 0.25) is 0 Å². The Morgan fingerprint density at radius 3 is 2.82 bits per heavy atom. The summed E-state index contributed by atoms with van der Waals surface area (Å²) in [5, 5.41) is 2.07. The van der Waals surface area contributed by atoms with E-state index in [2.05, 4.69) is 0 Å². The molecule has 1 aromatic carbocycles. The zero-order chi connectivity index (χ0) is 11.7. The van der Waals surface area contributed by atoms with Crippen LogP contribution in [0.1, 0.15) is 6.42 Å². The highest BCUT2D eigenvalue weighted by atomic mass is 16.5. The maximum Gasteiger partial charge on any atom is 0.134 e. The number of allylic oxidation sites excluding steroid dienone is 4. The van der Waals surface area contributed by atoms with Gasteiger partial charge in [0, 0.05) is 17.2 Å². The van der Waals surface area contributed by atoms with E-state index in [-0.39, 0.29) is 0 Å². The molecule has 2 aliphatic rings. The molecule has 2 heteroatoms. The number of hydrogen-bond acceptors (Lipinski definition) is 2. The van der Waals surface area contributed by atoms with E-state index in [1.807, 2.05) is 48.4 Å². The van der Waals surface area contributed by atoms with Gasteiger partial charge in [0.15, 0.2) is 0 Å². The molecule has 0 bridgehead atoms. The lowest BCUT2D eigenvalue weighted by Crippen LogP contribution is -2.23. The van der Waals surface area contributed by atoms with Crippen molar-refractivity contribution in [3.8, 4) is 0 Å². The fourth-order valence-electron chi connectivity index (χ4n) is 2.02. The standard InChI is InChI=1S/C15H10O2/c16-9-12-6-3-7-15-14(12)8-11-4-1-2-5-13(11)10-17-15/h1-5,7-8,10H,6H2. The fraction of sp³-hybridized carbons (Fsp3) is 0.0667. The predicted octanol–water partition coefficient (Wildman–Crippen LogP) is 1.21. The Kier molecular flexibility index (Phi) is 2.28. The van der Waals surface area contributed by atoms with Crippen LogP contribution in [0, 0.1) is 0 Å². The van der Waals surface area contributed by atoms with Gasteiger partial charge in [0.2, 0.25) is 0 Å². The quantitative estimate of drug-likeness (QED) is 0.617. The van der Waals surface area contributed by atoms with Crippen molar-refractivity contribution >= 4 is 18.3 Å². The summed E-state index contributed by atoms with van der Waals surface area (Å²) >= 11 is 0. The van der Waals surface area contributed by atoms with Crippen molar-refractivity contribution in [3.05, 3.63) is 63.8 Å². The molecule has 2 nitrogen and oxygen atoms in total. The number of rotatable bonds is 0. The van der Waals surface area contributed by atoms with Gasteiger partial charge in [-0.3, -0.25) is 0 Å². The predicted molar refractivity (Wildman–Crippen MR) is 65.7 cm³/mol. The van der Waals surface area contributed by atoms with Crippen molar-refractivity contribution in [1.29, 1.82) is 0 Å². The third-order valence-corrected chi connectivity index (χ3v) is 2.91. The Bertz CT molecular complexity index is 699. The lowest BCUT2D eigenvalue weighted by molar-refractivity contribution is 0.418. The highest BCUT2D eigenvalue weighted by Gasteiger charge is 2.14. The number of benzene rings is 1. The average Bonchev–Trinajstić information content (AvgIpc) is 2.57. The van der Waals surface area contributed by atoms with Crippen molar-refractivity contribution in [1.82, 2.24) is 0 Å². The molecule has 82 valence electrons. The zero-order valence-corrected chi connectivity index (χ0v) is 9.14. The van der Waals surface area contributed by atoms with Gasteiger partial charge in [-0.25, -0.2) is 4.79 Å². The molecule has 1 aliphatic heterocycles. The summed E-state index contributed by atoms with van der Waals surface area (Å²) < 4.78 is 5.60. The molecule has 0 spiro atoms. The van der Waals surface area contributed by atoms with E-state index in [1.54, 1.807) is 6.26 Å². The molecule has 0 saturated carbocycles. The van der Waals surface area contributed by atoms with Gasteiger partial charge in [-0.2, -0.15) is 0 Å². The first-order chi connectivity index (χ1) is 8.38. The van der Waals surface area contributed by atoms with Crippen LogP contribution in [0.25, 0.3) is 12.3 Å². The number of ether oxygens (including phenoxy) is 1. The second-order valence-electron chi connectivity index (χ2n) is 3.97. The molecular weight excluding hydrogens is 212 g/mol. The highest BCUT2D eigenvalue weighted by molar-refractivity contribution is 5.74. The Labute approximate surface area is 98.5 Å². The topological polar surface area (TPSA) is 26.3 Å². The maximum absolute atomic E-state index is 10.9. The Hall–Kier alpha value is -2.31. The highest BCUT2D eigenvalue weighted by Crippen LogP contribution is 2.25. The summed E-state index contributed by atoms with van der Waals surface area (Å²) in [6.45, 7) is 0. The van der Waals surface area contributed by atoms with E-state index < -0.39 is 0 Å². The first kappa shape index (κ1) is 9.88. The second-order valence-corrected chi connectivity index (χ2v) is 3.97. The van der Waals surface area contributed by atoms with Crippen LogP contribution in [0.5, 0.6) is 0 Å². The first-order valence-electron chi connectivity index (χ1n) is 5.47. The van der Waals surface area contributed by atoms with Crippen LogP contribution in [-0.2, 0) is 9.53 Å². The minimum absolute atomic E-state index is 0.615. The summed E-state index contributed by atoms with van der Waals surface area (Å²) in [6, 6.07) is 7.92. The van der Waals surface area contributed by atoms with E-state index in [1.165, 1.54) is 0 Å². The number of fused-ring (bicyclic) bond motifs is 1. The molecular formula is C15H10O2. The SMILES string of the molecule is O=C=C1CC=CC2=C1C=c1ccccc1=CO2. The summed E-state index contributed by atoms with van der Waals surface area (Å²) in [7, 11) is 0. The maximum atomic E-state index is 10.9. The van der Waals surface area contributed by atoms with E-state index in [0.717, 1.165) is 16.0 Å². The van der Waals surface area contributed by atoms with Crippen molar-refractivity contribution in [3.63, 3.8) is 0 Å². The van der Waals surface area contributed by atoms with Crippen LogP contribution >= 0.6 is 0 Å². The van der Waals surface area contributed by atoms with Gasteiger partial charge < -0.3 is 4.74 Å². The molecule has 0 saturated heterocycles. The molecule has 1 heterocycles. The van der Waals surface area contributed by atoms with Gasteiger partial charge >= 0.3 is 0 Å². The third-order valence-electron chi connectivity index (χ3n) is 2.91. The lowest BCUT2D eigenvalue weighted by atomic mass is 9.97. The van der Waals surface area contributed by atoms with Gasteiger partial charge in [0.05, 0.1) is 11.8 Å². The van der Waals surface area contributed by atoms with E-state index in [9.17, 15) is 4.79 Å². The van der Waals surface area contributed by atoms with Gasteiger partial charge in [0.25, 0.3) is 0 Å². The van der Waals surface area contributed by atoms with Crippen molar-refractivity contribution in [2.24, 2.45) is 0 Å². The minimum Gasteiger partial charge on any atom is -0.464 e. The van der Waals surface area contributed by atoms with Crippen molar-refractivity contribution < 1.29 is 9.53 Å². The summed E-state index contributed by atoms with van der Waals surface area (Å²) in [5.74, 6) is 2.71. The third kappa shape index (κ3) is 1.65. The largest absolute Gasteiger partial charge is 0.464 e. The molecule has 0 fully saturated rings. The van der Waals surface area contributed by atoms with Crippen LogP contribution in [0.4, 0.5) is 0 Å². The van der Waals surface area contributed by atoms with Gasteiger partial charge in [-0.05, 0) is 17.4 Å². The monoisotopic (exact) mass is 222 g/mol. The molecule has 3 rings (SSSR count). The molecule has 17 heavy (non-hydrogen) atoms. The van der Waals surface area contributed by atoms with Crippen LogP contribution in [-0.4, -0.2) is 5.94 Å². The Morgan fingerprint density at radius 2 is 2.00 bits per heavy atom. The summed E-state index contributed by atoms with van der Waals surface area (Å²) in [5.41, 5.74) is 1.48. The summed E-state index contributed by atoms with van der Waals surface area (Å²) in [6.07, 6.45) is 8.13. The van der Waals surface area contributed by atoms with E-state index >= 15 is 0 Å². The Balaban J connectivity index is 2.31. The molecule has 0 atom stereocenters. The number of carbonyl (C=O) groups excluding carboxylic acids is 1. The minimum atomic E-state index is 0.615.